The van der Waals surface area contributed by atoms with Gasteiger partial charge in [0.25, 0.3) is 0 Å². The molecule has 0 aliphatic heterocycles. The van der Waals surface area contributed by atoms with Crippen molar-refractivity contribution in [1.29, 1.82) is 0 Å². The SMILES string of the molecule is CC(C)(C)OC(=O)c1ncc(CC(N)C(=O)O)[nH]1. The number of carboxylic acid groups (broad SMARTS) is 1. The van der Waals surface area contributed by atoms with Crippen molar-refractivity contribution in [3.05, 3.63) is 17.7 Å². The van der Waals surface area contributed by atoms with Crippen LogP contribution in [0.4, 0.5) is 0 Å². The molecule has 7 nitrogen and oxygen atoms in total. The smallest absolute Gasteiger partial charge is 0.374 e. The van der Waals surface area contributed by atoms with Crippen LogP contribution in [0.25, 0.3) is 0 Å². The summed E-state index contributed by atoms with van der Waals surface area (Å²) in [5, 5.41) is 8.66. The Hall–Kier alpha value is -1.89. The zero-order valence-corrected chi connectivity index (χ0v) is 10.6. The molecule has 0 radical (unpaired) electrons. The number of rotatable bonds is 4. The molecule has 18 heavy (non-hydrogen) atoms. The summed E-state index contributed by atoms with van der Waals surface area (Å²) >= 11 is 0. The number of imidazole rings is 1. The number of nitrogens with zero attached hydrogens (tertiary/aromatic N) is 1. The van der Waals surface area contributed by atoms with Crippen LogP contribution >= 0.6 is 0 Å². The molecule has 0 fully saturated rings. The van der Waals surface area contributed by atoms with Crippen LogP contribution in [0.3, 0.4) is 0 Å². The quantitative estimate of drug-likeness (QED) is 0.667. The fraction of sp³-hybridized carbons (Fsp3) is 0.545. The maximum absolute atomic E-state index is 11.6. The summed E-state index contributed by atoms with van der Waals surface area (Å²) in [6.45, 7) is 5.24. The van der Waals surface area contributed by atoms with Gasteiger partial charge < -0.3 is 20.6 Å². The van der Waals surface area contributed by atoms with Crippen LogP contribution in [0.5, 0.6) is 0 Å². The third kappa shape index (κ3) is 4.17. The molecule has 1 unspecified atom stereocenters. The summed E-state index contributed by atoms with van der Waals surface area (Å²) in [6, 6.07) is -1.03. The number of ether oxygens (including phenoxy) is 1. The van der Waals surface area contributed by atoms with Gasteiger partial charge >= 0.3 is 11.9 Å². The van der Waals surface area contributed by atoms with Crippen molar-refractivity contribution < 1.29 is 19.4 Å². The fourth-order valence-corrected chi connectivity index (χ4v) is 1.22. The van der Waals surface area contributed by atoms with Crippen LogP contribution in [0.15, 0.2) is 6.20 Å². The third-order valence-corrected chi connectivity index (χ3v) is 1.98. The van der Waals surface area contributed by atoms with Crippen LogP contribution in [-0.4, -0.2) is 38.7 Å². The molecule has 0 amide bonds. The maximum Gasteiger partial charge on any atom is 0.374 e. The van der Waals surface area contributed by atoms with E-state index in [1.165, 1.54) is 6.20 Å². The van der Waals surface area contributed by atoms with E-state index in [1.807, 2.05) is 0 Å². The zero-order chi connectivity index (χ0) is 13.9. The van der Waals surface area contributed by atoms with Crippen molar-refractivity contribution in [3.63, 3.8) is 0 Å². The molecule has 0 saturated heterocycles. The highest BCUT2D eigenvalue weighted by Gasteiger charge is 2.21. The fourth-order valence-electron chi connectivity index (χ4n) is 1.22. The van der Waals surface area contributed by atoms with E-state index in [1.54, 1.807) is 20.8 Å². The molecule has 0 bridgehead atoms. The summed E-state index contributed by atoms with van der Waals surface area (Å²) in [5.74, 6) is -1.65. The summed E-state index contributed by atoms with van der Waals surface area (Å²) in [7, 11) is 0. The van der Waals surface area contributed by atoms with E-state index in [4.69, 9.17) is 15.6 Å². The molecular formula is C11H17N3O4. The van der Waals surface area contributed by atoms with Crippen molar-refractivity contribution in [3.8, 4) is 0 Å². The van der Waals surface area contributed by atoms with Crippen LogP contribution in [-0.2, 0) is 16.0 Å². The third-order valence-electron chi connectivity index (χ3n) is 1.98. The molecule has 100 valence electrons. The van der Waals surface area contributed by atoms with Gasteiger partial charge in [-0.3, -0.25) is 4.79 Å². The second-order valence-electron chi connectivity index (χ2n) is 4.91. The molecule has 0 aliphatic carbocycles. The Balaban J connectivity index is 2.69. The Labute approximate surface area is 104 Å². The Kier molecular flexibility index (Phi) is 4.07. The molecule has 1 aromatic rings. The van der Waals surface area contributed by atoms with E-state index in [9.17, 15) is 9.59 Å². The first-order valence-electron chi connectivity index (χ1n) is 5.44. The van der Waals surface area contributed by atoms with E-state index in [2.05, 4.69) is 9.97 Å². The summed E-state index contributed by atoms with van der Waals surface area (Å²) in [5.41, 5.74) is 5.24. The topological polar surface area (TPSA) is 118 Å². The number of carbonyl (C=O) groups excluding carboxylic acids is 1. The molecule has 0 saturated carbocycles. The van der Waals surface area contributed by atoms with Gasteiger partial charge in [0.05, 0.1) is 0 Å². The Bertz CT molecular complexity index is 447. The molecular weight excluding hydrogens is 238 g/mol. The summed E-state index contributed by atoms with van der Waals surface area (Å²) < 4.78 is 5.11. The number of esters is 1. The van der Waals surface area contributed by atoms with E-state index < -0.39 is 23.6 Å². The van der Waals surface area contributed by atoms with Crippen LogP contribution in [0.2, 0.25) is 0 Å². The predicted octanol–water partition coefficient (Wildman–Crippen LogP) is 0.319. The standard InChI is InChI=1S/C11H17N3O4/c1-11(2,3)18-10(17)8-13-5-6(14-8)4-7(12)9(15)16/h5,7H,4,12H2,1-3H3,(H,13,14)(H,15,16). The average molecular weight is 255 g/mol. The number of aromatic nitrogens is 2. The van der Waals surface area contributed by atoms with Crippen molar-refractivity contribution in [2.75, 3.05) is 0 Å². The van der Waals surface area contributed by atoms with Gasteiger partial charge in [-0.2, -0.15) is 0 Å². The van der Waals surface area contributed by atoms with Crippen molar-refractivity contribution in [1.82, 2.24) is 9.97 Å². The van der Waals surface area contributed by atoms with Gasteiger partial charge in [0, 0.05) is 18.3 Å². The molecule has 1 heterocycles. The lowest BCUT2D eigenvalue weighted by molar-refractivity contribution is -0.138. The number of hydrogen-bond donors (Lipinski definition) is 3. The minimum absolute atomic E-state index is 0.0394. The number of nitrogens with one attached hydrogen (secondary N) is 1. The van der Waals surface area contributed by atoms with Crippen molar-refractivity contribution in [2.45, 2.75) is 38.8 Å². The van der Waals surface area contributed by atoms with Gasteiger partial charge in [-0.25, -0.2) is 9.78 Å². The number of nitrogens with two attached hydrogens (primary N) is 1. The second kappa shape index (κ2) is 5.18. The van der Waals surface area contributed by atoms with E-state index >= 15 is 0 Å². The minimum Gasteiger partial charge on any atom is -0.480 e. The Morgan fingerprint density at radius 1 is 1.56 bits per heavy atom. The highest BCUT2D eigenvalue weighted by molar-refractivity contribution is 5.85. The lowest BCUT2D eigenvalue weighted by Gasteiger charge is -2.18. The van der Waals surface area contributed by atoms with Gasteiger partial charge in [-0.1, -0.05) is 0 Å². The maximum atomic E-state index is 11.6. The lowest BCUT2D eigenvalue weighted by Crippen LogP contribution is -2.32. The predicted molar refractivity (Wildman–Crippen MR) is 63.1 cm³/mol. The molecule has 4 N–H and O–H groups in total. The van der Waals surface area contributed by atoms with Crippen LogP contribution < -0.4 is 5.73 Å². The van der Waals surface area contributed by atoms with E-state index in [0.29, 0.717) is 5.69 Å². The molecule has 1 atom stereocenters. The van der Waals surface area contributed by atoms with Gasteiger partial charge in [0.1, 0.15) is 11.6 Å². The van der Waals surface area contributed by atoms with Crippen molar-refractivity contribution in [2.24, 2.45) is 5.73 Å². The Morgan fingerprint density at radius 2 is 2.17 bits per heavy atom. The number of aromatic amines is 1. The molecule has 0 aromatic carbocycles. The molecule has 0 aliphatic rings. The Morgan fingerprint density at radius 3 is 2.67 bits per heavy atom. The molecule has 1 rings (SSSR count). The number of aliphatic carboxylic acids is 1. The van der Waals surface area contributed by atoms with Gasteiger partial charge in [0.2, 0.25) is 5.82 Å². The first-order valence-corrected chi connectivity index (χ1v) is 5.44. The minimum atomic E-state index is -1.11. The van der Waals surface area contributed by atoms with Crippen molar-refractivity contribution >= 4 is 11.9 Å². The largest absolute Gasteiger partial charge is 0.480 e. The summed E-state index contributed by atoms with van der Waals surface area (Å²) in [6.07, 6.45) is 1.45. The normalized spacial score (nSPS) is 13.1. The first-order chi connectivity index (χ1) is 8.19. The van der Waals surface area contributed by atoms with E-state index in [0.717, 1.165) is 0 Å². The molecule has 7 heteroatoms. The lowest BCUT2D eigenvalue weighted by atomic mass is 10.2. The summed E-state index contributed by atoms with van der Waals surface area (Å²) in [4.78, 5) is 28.7. The number of hydrogen-bond acceptors (Lipinski definition) is 5. The number of carbonyl (C=O) groups is 2. The first kappa shape index (κ1) is 14.2. The zero-order valence-electron chi connectivity index (χ0n) is 10.6. The number of H-pyrrole nitrogens is 1. The second-order valence-corrected chi connectivity index (χ2v) is 4.91. The number of carboxylic acids is 1. The van der Waals surface area contributed by atoms with Gasteiger partial charge in [0.15, 0.2) is 0 Å². The molecule has 1 aromatic heterocycles. The van der Waals surface area contributed by atoms with Gasteiger partial charge in [-0.15, -0.1) is 0 Å². The highest BCUT2D eigenvalue weighted by Crippen LogP contribution is 2.10. The monoisotopic (exact) mass is 255 g/mol. The highest BCUT2D eigenvalue weighted by atomic mass is 16.6. The average Bonchev–Trinajstić information content (AvgIpc) is 2.63. The molecule has 0 spiro atoms. The van der Waals surface area contributed by atoms with Crippen LogP contribution in [0.1, 0.15) is 37.1 Å². The van der Waals surface area contributed by atoms with E-state index in [-0.39, 0.29) is 12.2 Å². The van der Waals surface area contributed by atoms with Gasteiger partial charge in [-0.05, 0) is 20.8 Å². The van der Waals surface area contributed by atoms with Crippen LogP contribution in [0, 0.1) is 0 Å².